The average molecular weight is 322 g/mol. The highest BCUT2D eigenvalue weighted by Gasteiger charge is 2.21. The maximum atomic E-state index is 13.7. The van der Waals surface area contributed by atoms with E-state index in [0.717, 1.165) is 10.8 Å². The standard InChI is InChI=1S/C12H8F3NO3.B.2FH/c1-2-16-4-6(12(18)19)11(17)5-3-7(13)8(14)9(15)10(5)16;;;/h3-4H,2H2,1H3,(H,18,19);;2*1H. The van der Waals surface area contributed by atoms with Crippen LogP contribution in [0.3, 0.4) is 0 Å². The highest BCUT2D eigenvalue weighted by molar-refractivity contribution is 5.92. The van der Waals surface area contributed by atoms with Gasteiger partial charge in [0.2, 0.25) is 5.43 Å². The van der Waals surface area contributed by atoms with Gasteiger partial charge in [0.05, 0.1) is 10.9 Å². The van der Waals surface area contributed by atoms with E-state index < -0.39 is 45.3 Å². The number of aromatic carboxylic acids is 1. The van der Waals surface area contributed by atoms with Crippen molar-refractivity contribution < 1.29 is 32.5 Å². The lowest BCUT2D eigenvalue weighted by atomic mass is 10.1. The Balaban J connectivity index is 0. The molecule has 1 aromatic heterocycles. The highest BCUT2D eigenvalue weighted by Crippen LogP contribution is 2.21. The van der Waals surface area contributed by atoms with E-state index in [1.165, 1.54) is 0 Å². The molecule has 119 valence electrons. The molecule has 1 heterocycles. The molecule has 4 nitrogen and oxygen atoms in total. The number of pyridine rings is 1. The molecule has 0 amide bonds. The number of aromatic nitrogens is 1. The molecule has 3 radical (unpaired) electrons. The van der Waals surface area contributed by atoms with Gasteiger partial charge in [-0.05, 0) is 13.0 Å². The Morgan fingerprint density at radius 1 is 1.23 bits per heavy atom. The quantitative estimate of drug-likeness (QED) is 0.523. The van der Waals surface area contributed by atoms with E-state index in [9.17, 15) is 22.8 Å². The second-order valence-corrected chi connectivity index (χ2v) is 3.85. The number of nitrogens with zero attached hydrogens (tertiary/aromatic N) is 1. The first-order valence-corrected chi connectivity index (χ1v) is 5.32. The number of aryl methyl sites for hydroxylation is 1. The van der Waals surface area contributed by atoms with Crippen LogP contribution in [0, 0.1) is 17.5 Å². The van der Waals surface area contributed by atoms with Gasteiger partial charge in [-0.3, -0.25) is 14.2 Å². The molecule has 1 N–H and O–H groups in total. The summed E-state index contributed by atoms with van der Waals surface area (Å²) in [5.41, 5.74) is -2.12. The van der Waals surface area contributed by atoms with Crippen molar-refractivity contribution in [2.24, 2.45) is 0 Å². The number of hydrogen-bond acceptors (Lipinski definition) is 2. The maximum Gasteiger partial charge on any atom is 0.341 e. The second kappa shape index (κ2) is 7.57. The van der Waals surface area contributed by atoms with Crippen LogP contribution >= 0.6 is 0 Å². The van der Waals surface area contributed by atoms with Crippen molar-refractivity contribution in [3.63, 3.8) is 0 Å². The fourth-order valence-corrected chi connectivity index (χ4v) is 1.87. The van der Waals surface area contributed by atoms with Crippen molar-refractivity contribution in [3.05, 3.63) is 45.5 Å². The third-order valence-corrected chi connectivity index (χ3v) is 2.77. The SMILES string of the molecule is CCn1cc(C(=O)O)c(=O)c2cc(F)c(F)c(F)c21.F.F.[B]. The first-order valence-electron chi connectivity index (χ1n) is 5.32. The molecule has 10 heteroatoms. The van der Waals surface area contributed by atoms with Crippen LogP contribution in [0.25, 0.3) is 10.9 Å². The molecule has 0 spiro atoms. The zero-order valence-electron chi connectivity index (χ0n) is 11.1. The van der Waals surface area contributed by atoms with Crippen LogP contribution in [0.1, 0.15) is 17.3 Å². The summed E-state index contributed by atoms with van der Waals surface area (Å²) >= 11 is 0. The van der Waals surface area contributed by atoms with Gasteiger partial charge in [0.1, 0.15) is 5.56 Å². The molecule has 0 bridgehead atoms. The van der Waals surface area contributed by atoms with Crippen molar-refractivity contribution in [3.8, 4) is 0 Å². The van der Waals surface area contributed by atoms with E-state index in [0.29, 0.717) is 6.07 Å². The molecule has 22 heavy (non-hydrogen) atoms. The molecule has 0 fully saturated rings. The third kappa shape index (κ3) is 3.10. The minimum atomic E-state index is -1.70. The Morgan fingerprint density at radius 2 is 1.77 bits per heavy atom. The molecule has 0 aliphatic carbocycles. The van der Waals surface area contributed by atoms with Gasteiger partial charge in [-0.2, -0.15) is 0 Å². The molecule has 1 aromatic carbocycles. The maximum absolute atomic E-state index is 13.7. The number of halogens is 5. The molecule has 0 saturated heterocycles. The van der Waals surface area contributed by atoms with E-state index in [1.54, 1.807) is 6.92 Å². The summed E-state index contributed by atoms with van der Waals surface area (Å²) in [6, 6.07) is 0.509. The fraction of sp³-hybridized carbons (Fsp3) is 0.167. The smallest absolute Gasteiger partial charge is 0.341 e. The lowest BCUT2D eigenvalue weighted by molar-refractivity contribution is 0.0695. The number of carboxylic acid groups (broad SMARTS) is 1. The van der Waals surface area contributed by atoms with Gasteiger partial charge in [-0.15, -0.1) is 0 Å². The first-order chi connectivity index (χ1) is 8.88. The summed E-state index contributed by atoms with van der Waals surface area (Å²) in [5, 5.41) is 8.36. The number of rotatable bonds is 2. The molecule has 0 saturated carbocycles. The number of carboxylic acids is 1. The molecule has 0 atom stereocenters. The number of hydrogen-bond donors (Lipinski definition) is 1. The minimum Gasteiger partial charge on any atom is -0.477 e. The van der Waals surface area contributed by atoms with Crippen LogP contribution in [0.2, 0.25) is 0 Å². The van der Waals surface area contributed by atoms with Crippen LogP contribution in [0.15, 0.2) is 17.1 Å². The van der Waals surface area contributed by atoms with Crippen LogP contribution in [0.5, 0.6) is 0 Å². The van der Waals surface area contributed by atoms with Gasteiger partial charge < -0.3 is 9.67 Å². The van der Waals surface area contributed by atoms with E-state index in [-0.39, 0.29) is 24.4 Å². The summed E-state index contributed by atoms with van der Waals surface area (Å²) in [6.45, 7) is 1.65. The van der Waals surface area contributed by atoms with Crippen molar-refractivity contribution >= 4 is 25.3 Å². The predicted molar refractivity (Wildman–Crippen MR) is 71.5 cm³/mol. The third-order valence-electron chi connectivity index (χ3n) is 2.77. The Hall–Kier alpha value is -2.39. The Kier molecular flexibility index (Phi) is 7.54. The zero-order chi connectivity index (χ0) is 14.3. The lowest BCUT2D eigenvalue weighted by Crippen LogP contribution is -2.20. The Bertz CT molecular complexity index is 763. The van der Waals surface area contributed by atoms with E-state index in [2.05, 4.69) is 0 Å². The van der Waals surface area contributed by atoms with Gasteiger partial charge in [0.15, 0.2) is 17.5 Å². The number of carbonyl (C=O) groups is 1. The van der Waals surface area contributed by atoms with Crippen molar-refractivity contribution in [1.29, 1.82) is 0 Å². The van der Waals surface area contributed by atoms with Crippen LogP contribution < -0.4 is 5.43 Å². The van der Waals surface area contributed by atoms with Crippen LogP contribution in [0.4, 0.5) is 22.6 Å². The largest absolute Gasteiger partial charge is 0.477 e. The van der Waals surface area contributed by atoms with E-state index in [4.69, 9.17) is 5.11 Å². The molecular weight excluding hydrogens is 312 g/mol. The molecule has 0 aliphatic rings. The average Bonchev–Trinajstić information content (AvgIpc) is 2.37. The second-order valence-electron chi connectivity index (χ2n) is 3.85. The summed E-state index contributed by atoms with van der Waals surface area (Å²) in [7, 11) is 0. The van der Waals surface area contributed by atoms with Gasteiger partial charge in [0.25, 0.3) is 0 Å². The monoisotopic (exact) mass is 322 g/mol. The number of benzene rings is 1. The van der Waals surface area contributed by atoms with Gasteiger partial charge in [-0.1, -0.05) is 0 Å². The highest BCUT2D eigenvalue weighted by atomic mass is 19.2. The molecule has 2 aromatic rings. The molecule has 0 aliphatic heterocycles. The Labute approximate surface area is 122 Å². The van der Waals surface area contributed by atoms with Crippen LogP contribution in [-0.4, -0.2) is 24.1 Å². The summed E-state index contributed by atoms with van der Waals surface area (Å²) in [5.74, 6) is -6.26. The fourth-order valence-electron chi connectivity index (χ4n) is 1.87. The van der Waals surface area contributed by atoms with Crippen molar-refractivity contribution in [2.45, 2.75) is 13.5 Å². The molecule has 2 rings (SSSR count). The van der Waals surface area contributed by atoms with Crippen molar-refractivity contribution in [2.75, 3.05) is 0 Å². The van der Waals surface area contributed by atoms with Gasteiger partial charge in [0, 0.05) is 21.2 Å². The molecular formula is C12H10BF5NO3. The summed E-state index contributed by atoms with van der Waals surface area (Å²) < 4.78 is 41.1. The zero-order valence-corrected chi connectivity index (χ0v) is 11.1. The lowest BCUT2D eigenvalue weighted by Gasteiger charge is -2.11. The minimum absolute atomic E-state index is 0. The van der Waals surface area contributed by atoms with Gasteiger partial charge in [-0.25, -0.2) is 18.0 Å². The van der Waals surface area contributed by atoms with Crippen molar-refractivity contribution in [1.82, 2.24) is 4.57 Å². The first kappa shape index (κ1) is 21.9. The summed E-state index contributed by atoms with van der Waals surface area (Å²) in [6.07, 6.45) is 0.910. The van der Waals surface area contributed by atoms with E-state index >= 15 is 0 Å². The predicted octanol–water partition coefficient (Wildman–Crippen LogP) is 2.06. The molecule has 0 unspecified atom stereocenters. The van der Waals surface area contributed by atoms with Gasteiger partial charge >= 0.3 is 5.97 Å². The van der Waals surface area contributed by atoms with E-state index in [1.807, 2.05) is 0 Å². The number of fused-ring (bicyclic) bond motifs is 1. The summed E-state index contributed by atoms with van der Waals surface area (Å²) in [4.78, 5) is 22.7. The van der Waals surface area contributed by atoms with Crippen LogP contribution in [-0.2, 0) is 6.54 Å². The normalized spacial score (nSPS) is 9.45. The Morgan fingerprint density at radius 3 is 2.23 bits per heavy atom. The topological polar surface area (TPSA) is 59.3 Å².